The van der Waals surface area contributed by atoms with Crippen molar-refractivity contribution in [1.29, 1.82) is 0 Å². The van der Waals surface area contributed by atoms with Gasteiger partial charge in [-0.05, 0) is 24.3 Å². The predicted octanol–water partition coefficient (Wildman–Crippen LogP) is 2.94. The monoisotopic (exact) mass is 375 g/mol. The van der Waals surface area contributed by atoms with Crippen molar-refractivity contribution in [3.63, 3.8) is 0 Å². The second-order valence-corrected chi connectivity index (χ2v) is 6.93. The average molecular weight is 375 g/mol. The lowest BCUT2D eigenvalue weighted by Gasteiger charge is -2.27. The van der Waals surface area contributed by atoms with Crippen LogP contribution < -0.4 is 14.8 Å². The van der Waals surface area contributed by atoms with Gasteiger partial charge in [-0.15, -0.1) is 0 Å². The molecule has 0 saturated carbocycles. The molecule has 0 aliphatic carbocycles. The Bertz CT molecular complexity index is 980. The predicted molar refractivity (Wildman–Crippen MR) is 105 cm³/mol. The number of anilines is 2. The van der Waals surface area contributed by atoms with Crippen molar-refractivity contribution in [3.8, 4) is 11.5 Å². The first-order valence-corrected chi connectivity index (χ1v) is 9.47. The van der Waals surface area contributed by atoms with E-state index in [2.05, 4.69) is 26.3 Å². The Morgan fingerprint density at radius 2 is 1.96 bits per heavy atom. The number of ether oxygens (including phenoxy) is 2. The summed E-state index contributed by atoms with van der Waals surface area (Å²) in [4.78, 5) is 16.0. The molecule has 7 nitrogen and oxygen atoms in total. The van der Waals surface area contributed by atoms with E-state index in [0.717, 1.165) is 54.6 Å². The molecule has 3 aromatic rings. The molecule has 2 aliphatic heterocycles. The molecule has 4 heterocycles. The number of aromatic nitrogens is 3. The van der Waals surface area contributed by atoms with E-state index in [1.807, 2.05) is 42.7 Å². The van der Waals surface area contributed by atoms with Gasteiger partial charge >= 0.3 is 0 Å². The summed E-state index contributed by atoms with van der Waals surface area (Å²) in [5, 5.41) is 3.27. The molecule has 1 N–H and O–H groups in total. The summed E-state index contributed by atoms with van der Waals surface area (Å²) in [5.74, 6) is 2.13. The first-order valence-electron chi connectivity index (χ1n) is 9.47. The van der Waals surface area contributed by atoms with Gasteiger partial charge in [0, 0.05) is 55.8 Å². The minimum atomic E-state index is 0.570. The van der Waals surface area contributed by atoms with Gasteiger partial charge in [-0.2, -0.15) is 0 Å². The van der Waals surface area contributed by atoms with Crippen molar-refractivity contribution in [1.82, 2.24) is 19.9 Å². The minimum absolute atomic E-state index is 0.570. The van der Waals surface area contributed by atoms with Crippen molar-refractivity contribution in [2.45, 2.75) is 19.5 Å². The lowest BCUT2D eigenvalue weighted by molar-refractivity contribution is 0.171. The van der Waals surface area contributed by atoms with Crippen molar-refractivity contribution in [3.05, 3.63) is 65.7 Å². The van der Waals surface area contributed by atoms with Crippen LogP contribution in [-0.4, -0.2) is 39.6 Å². The van der Waals surface area contributed by atoms with Gasteiger partial charge in [-0.25, -0.2) is 9.97 Å². The van der Waals surface area contributed by atoms with E-state index in [1.54, 1.807) is 0 Å². The van der Waals surface area contributed by atoms with Gasteiger partial charge in [0.15, 0.2) is 11.5 Å². The molecular weight excluding hydrogens is 354 g/mol. The fourth-order valence-corrected chi connectivity index (χ4v) is 3.54. The van der Waals surface area contributed by atoms with Gasteiger partial charge in [0.05, 0.1) is 11.4 Å². The molecule has 0 saturated heterocycles. The number of nitrogens with one attached hydrogen (secondary N) is 1. The topological polar surface area (TPSA) is 72.4 Å². The zero-order valence-electron chi connectivity index (χ0n) is 15.5. The molecule has 5 rings (SSSR count). The van der Waals surface area contributed by atoms with Crippen LogP contribution >= 0.6 is 0 Å². The third kappa shape index (κ3) is 3.61. The van der Waals surface area contributed by atoms with Crippen LogP contribution in [0.4, 0.5) is 11.6 Å². The van der Waals surface area contributed by atoms with E-state index in [-0.39, 0.29) is 0 Å². The van der Waals surface area contributed by atoms with Gasteiger partial charge in [0.25, 0.3) is 0 Å². The van der Waals surface area contributed by atoms with Crippen LogP contribution in [-0.2, 0) is 19.5 Å². The molecule has 7 heteroatoms. The molecule has 0 atom stereocenters. The van der Waals surface area contributed by atoms with Crippen LogP contribution in [0.25, 0.3) is 0 Å². The highest BCUT2D eigenvalue weighted by molar-refractivity contribution is 5.60. The summed E-state index contributed by atoms with van der Waals surface area (Å²) in [6, 6.07) is 11.8. The third-order valence-electron chi connectivity index (χ3n) is 4.92. The zero-order chi connectivity index (χ0) is 18.8. The summed E-state index contributed by atoms with van der Waals surface area (Å²) in [5.41, 5.74) is 4.25. The Morgan fingerprint density at radius 1 is 1.04 bits per heavy atom. The largest absolute Gasteiger partial charge is 0.486 e. The van der Waals surface area contributed by atoms with Crippen molar-refractivity contribution < 1.29 is 9.47 Å². The summed E-state index contributed by atoms with van der Waals surface area (Å²) in [6.45, 7) is 3.81. The van der Waals surface area contributed by atoms with Crippen LogP contribution in [0.15, 0.2) is 48.8 Å². The molecule has 142 valence electrons. The highest BCUT2D eigenvalue weighted by Gasteiger charge is 2.19. The van der Waals surface area contributed by atoms with E-state index in [1.165, 1.54) is 5.56 Å². The number of nitrogens with zero attached hydrogens (tertiary/aromatic N) is 4. The molecular formula is C21H21N5O2. The molecule has 2 aliphatic rings. The molecule has 2 aromatic heterocycles. The molecule has 0 unspecified atom stereocenters. The maximum atomic E-state index is 5.64. The van der Waals surface area contributed by atoms with E-state index in [0.29, 0.717) is 19.2 Å². The lowest BCUT2D eigenvalue weighted by atomic mass is 10.1. The van der Waals surface area contributed by atoms with Crippen LogP contribution in [0.3, 0.4) is 0 Å². The Morgan fingerprint density at radius 3 is 2.86 bits per heavy atom. The van der Waals surface area contributed by atoms with Gasteiger partial charge in [-0.3, -0.25) is 9.88 Å². The summed E-state index contributed by atoms with van der Waals surface area (Å²) in [6.07, 6.45) is 4.67. The maximum Gasteiger partial charge on any atom is 0.227 e. The number of pyridine rings is 1. The zero-order valence-corrected chi connectivity index (χ0v) is 15.5. The van der Waals surface area contributed by atoms with Crippen molar-refractivity contribution in [2.75, 3.05) is 25.1 Å². The average Bonchev–Trinajstić information content (AvgIpc) is 2.74. The van der Waals surface area contributed by atoms with Gasteiger partial charge in [-0.1, -0.05) is 6.07 Å². The molecule has 0 fully saturated rings. The molecule has 0 amide bonds. The molecule has 28 heavy (non-hydrogen) atoms. The normalized spacial score (nSPS) is 15.7. The smallest absolute Gasteiger partial charge is 0.227 e. The number of hydrogen-bond acceptors (Lipinski definition) is 7. The minimum Gasteiger partial charge on any atom is -0.486 e. The second-order valence-electron chi connectivity index (χ2n) is 6.93. The summed E-state index contributed by atoms with van der Waals surface area (Å²) >= 11 is 0. The van der Waals surface area contributed by atoms with Crippen molar-refractivity contribution >= 4 is 11.6 Å². The standard InChI is InChI=1S/C21H21N5O2/c1-2-7-22-17(3-1)14-26-8-6-18-15(13-26)12-23-21(25-18)24-16-4-5-19-20(11-16)28-10-9-27-19/h1-5,7,11-12H,6,8-10,13-14H2,(H,23,24,25). The summed E-state index contributed by atoms with van der Waals surface area (Å²) < 4.78 is 11.2. The van der Waals surface area contributed by atoms with Crippen LogP contribution in [0.2, 0.25) is 0 Å². The quantitative estimate of drug-likeness (QED) is 0.752. The van der Waals surface area contributed by atoms with Crippen molar-refractivity contribution in [2.24, 2.45) is 0 Å². The SMILES string of the molecule is c1ccc(CN2CCc3nc(Nc4ccc5c(c4)OCCO5)ncc3C2)nc1. The van der Waals surface area contributed by atoms with Crippen LogP contribution in [0.1, 0.15) is 17.0 Å². The first kappa shape index (κ1) is 16.9. The van der Waals surface area contributed by atoms with E-state index in [9.17, 15) is 0 Å². The highest BCUT2D eigenvalue weighted by Crippen LogP contribution is 2.33. The number of rotatable bonds is 4. The molecule has 0 radical (unpaired) electrons. The second kappa shape index (κ2) is 7.44. The van der Waals surface area contributed by atoms with Crippen LogP contribution in [0, 0.1) is 0 Å². The fraction of sp³-hybridized carbons (Fsp3) is 0.286. The molecule has 1 aromatic carbocycles. The Balaban J connectivity index is 1.28. The Hall–Kier alpha value is -3.19. The molecule has 0 spiro atoms. The number of benzene rings is 1. The first-order chi connectivity index (χ1) is 13.8. The van der Waals surface area contributed by atoms with E-state index in [4.69, 9.17) is 14.5 Å². The summed E-state index contributed by atoms with van der Waals surface area (Å²) in [7, 11) is 0. The van der Waals surface area contributed by atoms with Gasteiger partial charge in [0.2, 0.25) is 5.95 Å². The van der Waals surface area contributed by atoms with E-state index < -0.39 is 0 Å². The van der Waals surface area contributed by atoms with Crippen LogP contribution in [0.5, 0.6) is 11.5 Å². The lowest BCUT2D eigenvalue weighted by Crippen LogP contribution is -2.31. The van der Waals surface area contributed by atoms with E-state index >= 15 is 0 Å². The fourth-order valence-electron chi connectivity index (χ4n) is 3.54. The third-order valence-corrected chi connectivity index (χ3v) is 4.92. The maximum absolute atomic E-state index is 5.64. The van der Waals surface area contributed by atoms with Gasteiger partial charge in [0.1, 0.15) is 13.2 Å². The van der Waals surface area contributed by atoms with Gasteiger partial charge < -0.3 is 14.8 Å². The highest BCUT2D eigenvalue weighted by atomic mass is 16.6. The Kier molecular flexibility index (Phi) is 4.50. The Labute approximate surface area is 163 Å². The number of hydrogen-bond donors (Lipinski definition) is 1. The number of fused-ring (bicyclic) bond motifs is 2. The molecule has 0 bridgehead atoms.